The number of aryl methyl sites for hydroxylation is 2. The zero-order valence-corrected chi connectivity index (χ0v) is 8.34. The third kappa shape index (κ3) is 1.89. The van der Waals surface area contributed by atoms with Crippen LogP contribution < -0.4 is 4.74 Å². The van der Waals surface area contributed by atoms with Crippen molar-refractivity contribution in [2.45, 2.75) is 6.92 Å². The number of hydrogen-bond acceptors (Lipinski definition) is 3. The minimum absolute atomic E-state index is 0.782. The van der Waals surface area contributed by atoms with Crippen LogP contribution in [0.2, 0.25) is 0 Å². The molecule has 0 fully saturated rings. The summed E-state index contributed by atoms with van der Waals surface area (Å²) in [5, 5.41) is 4.92. The summed E-state index contributed by atoms with van der Waals surface area (Å²) in [5.74, 6) is 0.782. The number of aromatic nitrogens is 2. The molecule has 0 atom stereocenters. The van der Waals surface area contributed by atoms with E-state index < -0.39 is 0 Å². The Morgan fingerprint density at radius 3 is 2.85 bits per heavy atom. The van der Waals surface area contributed by atoms with Crippen LogP contribution in [-0.2, 0) is 7.05 Å². The van der Waals surface area contributed by atoms with Crippen LogP contribution in [0.15, 0.2) is 24.5 Å². The predicted molar refractivity (Wildman–Crippen MR) is 52.3 cm³/mol. The van der Waals surface area contributed by atoms with Gasteiger partial charge in [-0.3, -0.25) is 4.68 Å². The smallest absolute Gasteiger partial charge is 0.181 e. The highest BCUT2D eigenvalue weighted by Crippen LogP contribution is 2.28. The van der Waals surface area contributed by atoms with Crippen LogP contribution in [0.5, 0.6) is 10.8 Å². The fourth-order valence-corrected chi connectivity index (χ4v) is 1.76. The molecule has 0 N–H and O–H groups in total. The second-order valence-corrected chi connectivity index (χ2v) is 4.07. The summed E-state index contributed by atoms with van der Waals surface area (Å²) in [7, 11) is 1.87. The van der Waals surface area contributed by atoms with E-state index >= 15 is 0 Å². The third-order valence-electron chi connectivity index (χ3n) is 1.62. The Balaban J connectivity index is 2.14. The Bertz CT molecular complexity index is 367. The third-order valence-corrected chi connectivity index (χ3v) is 2.49. The van der Waals surface area contributed by atoms with E-state index in [1.807, 2.05) is 25.4 Å². The maximum absolute atomic E-state index is 5.56. The van der Waals surface area contributed by atoms with Gasteiger partial charge >= 0.3 is 0 Å². The molecule has 0 amide bonds. The standard InChI is InChI=1S/C9H10N2OS/c1-7-3-4-9(13-7)12-8-5-10-11(2)6-8/h3-6H,1-2H3. The Kier molecular flexibility index (Phi) is 2.06. The number of hydrogen-bond donors (Lipinski definition) is 0. The number of rotatable bonds is 2. The maximum Gasteiger partial charge on any atom is 0.181 e. The first-order valence-corrected chi connectivity index (χ1v) is 4.78. The molecule has 13 heavy (non-hydrogen) atoms. The average Bonchev–Trinajstić information content (AvgIpc) is 2.62. The number of nitrogens with zero attached hydrogens (tertiary/aromatic N) is 2. The summed E-state index contributed by atoms with van der Waals surface area (Å²) in [6, 6.07) is 4.00. The van der Waals surface area contributed by atoms with Crippen molar-refractivity contribution < 1.29 is 4.74 Å². The van der Waals surface area contributed by atoms with Crippen LogP contribution in [0, 0.1) is 6.92 Å². The average molecular weight is 194 g/mol. The molecule has 0 aliphatic heterocycles. The van der Waals surface area contributed by atoms with Crippen molar-refractivity contribution in [1.29, 1.82) is 0 Å². The van der Waals surface area contributed by atoms with E-state index in [1.165, 1.54) is 4.88 Å². The van der Waals surface area contributed by atoms with Crippen LogP contribution >= 0.6 is 11.3 Å². The molecular weight excluding hydrogens is 184 g/mol. The van der Waals surface area contributed by atoms with Crippen LogP contribution in [0.25, 0.3) is 0 Å². The van der Waals surface area contributed by atoms with Gasteiger partial charge in [0.2, 0.25) is 0 Å². The second-order valence-electron chi connectivity index (χ2n) is 2.82. The molecule has 0 radical (unpaired) electrons. The molecule has 0 spiro atoms. The topological polar surface area (TPSA) is 27.1 Å². The number of thiophene rings is 1. The van der Waals surface area contributed by atoms with Crippen LogP contribution in [-0.4, -0.2) is 9.78 Å². The van der Waals surface area contributed by atoms with Crippen molar-refractivity contribution in [3.63, 3.8) is 0 Å². The minimum Gasteiger partial charge on any atom is -0.443 e. The summed E-state index contributed by atoms with van der Waals surface area (Å²) in [4.78, 5) is 1.25. The minimum atomic E-state index is 0.782. The molecule has 2 heterocycles. The van der Waals surface area contributed by atoms with Gasteiger partial charge in [0.25, 0.3) is 0 Å². The molecule has 0 saturated carbocycles. The van der Waals surface area contributed by atoms with Crippen molar-refractivity contribution in [3.8, 4) is 10.8 Å². The van der Waals surface area contributed by atoms with Crippen molar-refractivity contribution in [2.75, 3.05) is 0 Å². The first-order valence-electron chi connectivity index (χ1n) is 3.97. The summed E-state index contributed by atoms with van der Waals surface area (Å²) in [6.07, 6.45) is 3.55. The van der Waals surface area contributed by atoms with Crippen molar-refractivity contribution >= 4 is 11.3 Å². The lowest BCUT2D eigenvalue weighted by Gasteiger charge is -1.95. The van der Waals surface area contributed by atoms with Crippen molar-refractivity contribution in [1.82, 2.24) is 9.78 Å². The van der Waals surface area contributed by atoms with Gasteiger partial charge in [-0.25, -0.2) is 0 Å². The Morgan fingerprint density at radius 1 is 1.46 bits per heavy atom. The van der Waals surface area contributed by atoms with E-state index in [-0.39, 0.29) is 0 Å². The summed E-state index contributed by atoms with van der Waals surface area (Å²) in [6.45, 7) is 2.06. The molecule has 2 rings (SSSR count). The summed E-state index contributed by atoms with van der Waals surface area (Å²) in [5.41, 5.74) is 0. The Morgan fingerprint density at radius 2 is 2.31 bits per heavy atom. The molecule has 2 aromatic heterocycles. The van der Waals surface area contributed by atoms with E-state index in [0.29, 0.717) is 0 Å². The zero-order chi connectivity index (χ0) is 9.26. The monoisotopic (exact) mass is 194 g/mol. The molecule has 0 aliphatic carbocycles. The molecule has 0 unspecified atom stereocenters. The zero-order valence-electron chi connectivity index (χ0n) is 7.52. The van der Waals surface area contributed by atoms with Gasteiger partial charge in [0.1, 0.15) is 0 Å². The molecule has 0 saturated heterocycles. The molecule has 68 valence electrons. The van der Waals surface area contributed by atoms with E-state index in [4.69, 9.17) is 4.74 Å². The van der Waals surface area contributed by atoms with Gasteiger partial charge in [0.15, 0.2) is 10.8 Å². The molecule has 0 aromatic carbocycles. The summed E-state index contributed by atoms with van der Waals surface area (Å²) < 4.78 is 7.27. The Labute approximate surface area is 80.6 Å². The van der Waals surface area contributed by atoms with Gasteiger partial charge in [-0.05, 0) is 19.1 Å². The van der Waals surface area contributed by atoms with Crippen LogP contribution in [0.4, 0.5) is 0 Å². The highest BCUT2D eigenvalue weighted by molar-refractivity contribution is 7.13. The maximum atomic E-state index is 5.56. The first kappa shape index (κ1) is 8.31. The summed E-state index contributed by atoms with van der Waals surface area (Å²) >= 11 is 1.63. The van der Waals surface area contributed by atoms with E-state index in [1.54, 1.807) is 22.2 Å². The van der Waals surface area contributed by atoms with Crippen LogP contribution in [0.3, 0.4) is 0 Å². The van der Waals surface area contributed by atoms with Gasteiger partial charge in [-0.1, -0.05) is 0 Å². The molecule has 2 aromatic rings. The lowest BCUT2D eigenvalue weighted by molar-refractivity contribution is 0.496. The Hall–Kier alpha value is -1.29. The van der Waals surface area contributed by atoms with Crippen molar-refractivity contribution in [2.24, 2.45) is 7.05 Å². The molecular formula is C9H10N2OS. The van der Waals surface area contributed by atoms with E-state index in [0.717, 1.165) is 10.8 Å². The molecule has 3 nitrogen and oxygen atoms in total. The van der Waals surface area contributed by atoms with Gasteiger partial charge in [0.05, 0.1) is 12.4 Å². The fourth-order valence-electron chi connectivity index (χ4n) is 1.03. The first-order chi connectivity index (χ1) is 6.24. The molecule has 0 aliphatic rings. The van der Waals surface area contributed by atoms with Gasteiger partial charge in [-0.2, -0.15) is 5.10 Å². The van der Waals surface area contributed by atoms with Gasteiger partial charge in [-0.15, -0.1) is 11.3 Å². The lowest BCUT2D eigenvalue weighted by Crippen LogP contribution is -1.84. The highest BCUT2D eigenvalue weighted by Gasteiger charge is 2.00. The van der Waals surface area contributed by atoms with Gasteiger partial charge in [0, 0.05) is 11.9 Å². The largest absolute Gasteiger partial charge is 0.443 e. The van der Waals surface area contributed by atoms with E-state index in [9.17, 15) is 0 Å². The van der Waals surface area contributed by atoms with Crippen molar-refractivity contribution in [3.05, 3.63) is 29.4 Å². The van der Waals surface area contributed by atoms with Gasteiger partial charge < -0.3 is 4.74 Å². The van der Waals surface area contributed by atoms with Crippen LogP contribution in [0.1, 0.15) is 4.88 Å². The quantitative estimate of drug-likeness (QED) is 0.734. The molecule has 0 bridgehead atoms. The normalized spacial score (nSPS) is 10.3. The second kappa shape index (κ2) is 3.22. The molecule has 4 heteroatoms. The highest BCUT2D eigenvalue weighted by atomic mass is 32.1. The number of ether oxygens (including phenoxy) is 1. The SMILES string of the molecule is Cc1ccc(Oc2cnn(C)c2)s1. The predicted octanol–water partition coefficient (Wildman–Crippen LogP) is 2.58. The van der Waals surface area contributed by atoms with E-state index in [2.05, 4.69) is 12.0 Å². The lowest BCUT2D eigenvalue weighted by atomic mass is 10.5. The fraction of sp³-hybridized carbons (Fsp3) is 0.222.